The zero-order chi connectivity index (χ0) is 19.6. The van der Waals surface area contributed by atoms with E-state index in [0.717, 1.165) is 0 Å². The molecule has 3 rings (SSSR count). The molecule has 1 saturated heterocycles. The Morgan fingerprint density at radius 1 is 1.07 bits per heavy atom. The minimum atomic E-state index is -0.404. The molecule has 1 aromatic heterocycles. The number of aryl methyl sites for hydroxylation is 1. The van der Waals surface area contributed by atoms with Crippen LogP contribution in [-0.4, -0.2) is 54.1 Å². The highest BCUT2D eigenvalue weighted by Crippen LogP contribution is 2.37. The number of hydrogen-bond donors (Lipinski definition) is 0. The number of rotatable bonds is 4. The number of pyridine rings is 1. The van der Waals surface area contributed by atoms with Gasteiger partial charge in [0.2, 0.25) is 0 Å². The van der Waals surface area contributed by atoms with E-state index in [1.54, 1.807) is 37.4 Å². The zero-order valence-corrected chi connectivity index (χ0v) is 16.1. The van der Waals surface area contributed by atoms with Crippen molar-refractivity contribution in [1.29, 1.82) is 0 Å². The molecular weight excluding hydrogens is 370 g/mol. The first-order valence-corrected chi connectivity index (χ1v) is 8.83. The molecule has 2 heterocycles. The van der Waals surface area contributed by atoms with Crippen molar-refractivity contribution >= 4 is 23.4 Å². The van der Waals surface area contributed by atoms with Crippen molar-refractivity contribution in [2.24, 2.45) is 0 Å². The van der Waals surface area contributed by atoms with Gasteiger partial charge < -0.3 is 9.47 Å². The fourth-order valence-electron chi connectivity index (χ4n) is 3.12. The van der Waals surface area contributed by atoms with E-state index >= 15 is 0 Å². The van der Waals surface area contributed by atoms with Gasteiger partial charge in [0, 0.05) is 19.3 Å². The number of hydrazine groups is 1. The minimum Gasteiger partial charge on any atom is -0.496 e. The Morgan fingerprint density at radius 3 is 2.41 bits per heavy atom. The number of halogens is 1. The van der Waals surface area contributed by atoms with Crippen LogP contribution in [0, 0.1) is 6.92 Å². The number of hydrogen-bond acceptors (Lipinski definition) is 5. The lowest BCUT2D eigenvalue weighted by molar-refractivity contribution is 0.0181. The molecule has 2 amide bonds. The van der Waals surface area contributed by atoms with Gasteiger partial charge in [-0.25, -0.2) is 10.0 Å². The molecule has 1 aromatic carbocycles. The van der Waals surface area contributed by atoms with Gasteiger partial charge in [-0.15, -0.1) is 0 Å². The number of benzene rings is 1. The van der Waals surface area contributed by atoms with Crippen molar-refractivity contribution in [1.82, 2.24) is 15.0 Å². The summed E-state index contributed by atoms with van der Waals surface area (Å²) in [5.41, 5.74) is 1.26. The first-order chi connectivity index (χ1) is 13.0. The van der Waals surface area contributed by atoms with Gasteiger partial charge in [0.05, 0.1) is 30.5 Å². The largest absolute Gasteiger partial charge is 0.496 e. The quantitative estimate of drug-likeness (QED) is 0.803. The molecule has 0 saturated carbocycles. The van der Waals surface area contributed by atoms with Crippen LogP contribution >= 0.6 is 11.6 Å². The molecule has 1 fully saturated rings. The van der Waals surface area contributed by atoms with Crippen molar-refractivity contribution in [3.05, 3.63) is 52.3 Å². The number of methoxy groups -OCH3 is 2. The Hall–Kier alpha value is -2.80. The molecule has 7 nitrogen and oxygen atoms in total. The third-order valence-corrected chi connectivity index (χ3v) is 4.74. The molecule has 0 unspecified atom stereocenters. The molecule has 0 spiro atoms. The molecule has 2 aromatic rings. The molecule has 27 heavy (non-hydrogen) atoms. The number of nitrogens with zero attached hydrogens (tertiary/aromatic N) is 3. The van der Waals surface area contributed by atoms with Crippen LogP contribution in [-0.2, 0) is 0 Å². The fraction of sp³-hybridized carbons (Fsp3) is 0.316. The van der Waals surface area contributed by atoms with Gasteiger partial charge in [0.25, 0.3) is 11.8 Å². The second-order valence-electron chi connectivity index (χ2n) is 6.00. The summed E-state index contributed by atoms with van der Waals surface area (Å²) >= 11 is 6.18. The smallest absolute Gasteiger partial charge is 0.280 e. The van der Waals surface area contributed by atoms with E-state index < -0.39 is 5.91 Å². The minimum absolute atomic E-state index is 0.190. The van der Waals surface area contributed by atoms with E-state index in [0.29, 0.717) is 41.5 Å². The maximum absolute atomic E-state index is 13.3. The number of carbonyl (C=O) groups excluding carboxylic acids is 2. The van der Waals surface area contributed by atoms with E-state index in [2.05, 4.69) is 4.98 Å². The van der Waals surface area contributed by atoms with Crippen LogP contribution < -0.4 is 9.47 Å². The molecule has 0 bridgehead atoms. The van der Waals surface area contributed by atoms with E-state index in [1.807, 2.05) is 0 Å². The molecule has 0 aliphatic carbocycles. The van der Waals surface area contributed by atoms with Crippen molar-refractivity contribution in [2.45, 2.75) is 13.3 Å². The summed E-state index contributed by atoms with van der Waals surface area (Å²) in [6.07, 6.45) is 2.29. The highest BCUT2D eigenvalue weighted by molar-refractivity contribution is 6.32. The maximum Gasteiger partial charge on any atom is 0.280 e. The standard InChI is InChI=1S/C19H20ClN3O4/c1-12-13(6-4-9-21-12)18(24)22-10-5-11-23(22)19(25)16-15(26-2)8-7-14(20)17(16)27-3/h4,6-9H,5,10-11H2,1-3H3. The number of ether oxygens (including phenoxy) is 2. The van der Waals surface area contributed by atoms with Gasteiger partial charge in [-0.05, 0) is 37.6 Å². The van der Waals surface area contributed by atoms with Gasteiger partial charge in [0.1, 0.15) is 11.3 Å². The Morgan fingerprint density at radius 2 is 1.78 bits per heavy atom. The summed E-state index contributed by atoms with van der Waals surface area (Å²) in [5, 5.41) is 3.14. The van der Waals surface area contributed by atoms with Gasteiger partial charge in [0.15, 0.2) is 5.75 Å². The lowest BCUT2D eigenvalue weighted by Crippen LogP contribution is -2.45. The highest BCUT2D eigenvalue weighted by Gasteiger charge is 2.35. The number of amides is 2. The molecule has 0 atom stereocenters. The SMILES string of the molecule is COc1ccc(Cl)c(OC)c1C(=O)N1CCCN1C(=O)c1cccnc1C. The first kappa shape index (κ1) is 19.0. The van der Waals surface area contributed by atoms with Gasteiger partial charge in [-0.1, -0.05) is 11.6 Å². The molecule has 8 heteroatoms. The normalized spacial score (nSPS) is 13.6. The summed E-state index contributed by atoms with van der Waals surface area (Å²) < 4.78 is 10.6. The second kappa shape index (κ2) is 7.84. The number of aromatic nitrogens is 1. The number of carbonyl (C=O) groups is 2. The molecular formula is C19H20ClN3O4. The molecule has 0 N–H and O–H groups in total. The Kier molecular flexibility index (Phi) is 5.51. The van der Waals surface area contributed by atoms with Crippen LogP contribution in [0.2, 0.25) is 5.02 Å². The van der Waals surface area contributed by atoms with Crippen molar-refractivity contribution in [3.8, 4) is 11.5 Å². The van der Waals surface area contributed by atoms with E-state index in [-0.39, 0.29) is 17.2 Å². The van der Waals surface area contributed by atoms with Crippen LogP contribution in [0.25, 0.3) is 0 Å². The van der Waals surface area contributed by atoms with E-state index in [1.165, 1.54) is 24.2 Å². The van der Waals surface area contributed by atoms with Crippen LogP contribution in [0.5, 0.6) is 11.5 Å². The summed E-state index contributed by atoms with van der Waals surface area (Å²) in [7, 11) is 2.90. The predicted octanol–water partition coefficient (Wildman–Crippen LogP) is 2.96. The van der Waals surface area contributed by atoms with Gasteiger partial charge in [-0.3, -0.25) is 14.6 Å². The van der Waals surface area contributed by atoms with Crippen LogP contribution in [0.15, 0.2) is 30.5 Å². The van der Waals surface area contributed by atoms with Gasteiger partial charge in [-0.2, -0.15) is 0 Å². The summed E-state index contributed by atoms with van der Waals surface area (Å²) in [5.74, 6) is -0.124. The summed E-state index contributed by atoms with van der Waals surface area (Å²) in [4.78, 5) is 30.4. The van der Waals surface area contributed by atoms with Gasteiger partial charge >= 0.3 is 0 Å². The fourth-order valence-corrected chi connectivity index (χ4v) is 3.36. The molecule has 1 aliphatic heterocycles. The maximum atomic E-state index is 13.3. The second-order valence-corrected chi connectivity index (χ2v) is 6.41. The third-order valence-electron chi connectivity index (χ3n) is 4.45. The van der Waals surface area contributed by atoms with Crippen LogP contribution in [0.4, 0.5) is 0 Å². The Bertz CT molecular complexity index is 887. The average Bonchev–Trinajstić information content (AvgIpc) is 3.16. The summed E-state index contributed by atoms with van der Waals surface area (Å²) in [6.45, 7) is 2.60. The van der Waals surface area contributed by atoms with E-state index in [4.69, 9.17) is 21.1 Å². The molecule has 142 valence electrons. The summed E-state index contributed by atoms with van der Waals surface area (Å²) in [6, 6.07) is 6.60. The Balaban J connectivity index is 1.99. The zero-order valence-electron chi connectivity index (χ0n) is 15.4. The van der Waals surface area contributed by atoms with E-state index in [9.17, 15) is 9.59 Å². The highest BCUT2D eigenvalue weighted by atomic mass is 35.5. The lowest BCUT2D eigenvalue weighted by Gasteiger charge is -2.29. The molecule has 0 radical (unpaired) electrons. The molecule has 1 aliphatic rings. The topological polar surface area (TPSA) is 72.0 Å². The van der Waals surface area contributed by atoms with Crippen LogP contribution in [0.3, 0.4) is 0 Å². The Labute approximate surface area is 162 Å². The average molecular weight is 390 g/mol. The monoisotopic (exact) mass is 389 g/mol. The van der Waals surface area contributed by atoms with Crippen molar-refractivity contribution in [3.63, 3.8) is 0 Å². The lowest BCUT2D eigenvalue weighted by atomic mass is 10.1. The predicted molar refractivity (Wildman–Crippen MR) is 100 cm³/mol. The third kappa shape index (κ3) is 3.42. The van der Waals surface area contributed by atoms with Crippen molar-refractivity contribution in [2.75, 3.05) is 27.3 Å². The first-order valence-electron chi connectivity index (χ1n) is 8.45. The van der Waals surface area contributed by atoms with Crippen LogP contribution in [0.1, 0.15) is 32.8 Å². The van der Waals surface area contributed by atoms with Crippen molar-refractivity contribution < 1.29 is 19.1 Å².